The molecule has 0 aromatic heterocycles. The molecular formula is C9H16O2S. The van der Waals surface area contributed by atoms with Crippen LogP contribution in [0.4, 0.5) is 0 Å². The van der Waals surface area contributed by atoms with E-state index >= 15 is 0 Å². The van der Waals surface area contributed by atoms with Gasteiger partial charge in [-0.15, -0.1) is 0 Å². The highest BCUT2D eigenvalue weighted by atomic mass is 32.2. The van der Waals surface area contributed by atoms with Crippen LogP contribution < -0.4 is 0 Å². The second-order valence-corrected chi connectivity index (χ2v) is 6.10. The van der Waals surface area contributed by atoms with Gasteiger partial charge in [-0.05, 0) is 13.8 Å². The van der Waals surface area contributed by atoms with Crippen LogP contribution in [0.25, 0.3) is 0 Å². The molecule has 0 aliphatic carbocycles. The summed E-state index contributed by atoms with van der Waals surface area (Å²) in [6, 6.07) is 0. The summed E-state index contributed by atoms with van der Waals surface area (Å²) in [5.74, 6) is -0.0857. The van der Waals surface area contributed by atoms with Crippen LogP contribution in [0.2, 0.25) is 0 Å². The lowest BCUT2D eigenvalue weighted by atomic mass is 9.89. The van der Waals surface area contributed by atoms with E-state index in [-0.39, 0.29) is 21.6 Å². The number of carbonyl (C=O) groups excluding carboxylic acids is 1. The smallest absolute Gasteiger partial charge is 0.320 e. The first-order valence-electron chi connectivity index (χ1n) is 4.17. The fourth-order valence-corrected chi connectivity index (χ4v) is 2.32. The highest BCUT2D eigenvalue weighted by molar-refractivity contribution is 8.02. The van der Waals surface area contributed by atoms with Crippen molar-refractivity contribution in [1.82, 2.24) is 0 Å². The van der Waals surface area contributed by atoms with Crippen LogP contribution in [0.3, 0.4) is 0 Å². The molecule has 2 atom stereocenters. The van der Waals surface area contributed by atoms with E-state index in [1.54, 1.807) is 11.8 Å². The van der Waals surface area contributed by atoms with E-state index in [9.17, 15) is 4.79 Å². The van der Waals surface area contributed by atoms with Crippen molar-refractivity contribution >= 4 is 17.7 Å². The number of hydrogen-bond donors (Lipinski definition) is 0. The Hall–Kier alpha value is -0.180. The monoisotopic (exact) mass is 188 g/mol. The molecule has 0 unspecified atom stereocenters. The summed E-state index contributed by atoms with van der Waals surface area (Å²) in [7, 11) is 0. The number of rotatable bonds is 0. The number of cyclic esters (lactones) is 1. The van der Waals surface area contributed by atoms with Crippen molar-refractivity contribution in [3.05, 3.63) is 0 Å². The summed E-state index contributed by atoms with van der Waals surface area (Å²) < 4.78 is 5.35. The van der Waals surface area contributed by atoms with Gasteiger partial charge in [0.2, 0.25) is 0 Å². The van der Waals surface area contributed by atoms with Crippen LogP contribution in [-0.2, 0) is 9.53 Å². The molecule has 0 aromatic carbocycles. The first-order valence-corrected chi connectivity index (χ1v) is 5.05. The van der Waals surface area contributed by atoms with Gasteiger partial charge in [-0.2, -0.15) is 0 Å². The quantitative estimate of drug-likeness (QED) is 0.546. The average molecular weight is 188 g/mol. The Morgan fingerprint density at radius 3 is 2.17 bits per heavy atom. The van der Waals surface area contributed by atoms with Crippen molar-refractivity contribution in [3.8, 4) is 0 Å². The van der Waals surface area contributed by atoms with E-state index in [2.05, 4.69) is 20.8 Å². The molecular weight excluding hydrogens is 172 g/mol. The average Bonchev–Trinajstić information content (AvgIpc) is 2.06. The standard InChI is InChI=1S/C9H16O2S/c1-6-7(10)11-9(5,12-6)8(2,3)4/h6H,1-5H3/t6-,9+/m1/s1. The molecule has 0 amide bonds. The Morgan fingerprint density at radius 2 is 2.00 bits per heavy atom. The first-order chi connectivity index (χ1) is 5.26. The fraction of sp³-hybridized carbons (Fsp3) is 0.889. The zero-order valence-electron chi connectivity index (χ0n) is 8.30. The predicted octanol–water partition coefficient (Wildman–Crippen LogP) is 2.43. The molecule has 0 radical (unpaired) electrons. The van der Waals surface area contributed by atoms with E-state index in [1.165, 1.54) is 0 Å². The molecule has 1 heterocycles. The van der Waals surface area contributed by atoms with E-state index in [1.807, 2.05) is 13.8 Å². The highest BCUT2D eigenvalue weighted by Gasteiger charge is 2.49. The van der Waals surface area contributed by atoms with E-state index in [0.29, 0.717) is 0 Å². The number of carbonyl (C=O) groups is 1. The van der Waals surface area contributed by atoms with Gasteiger partial charge in [-0.3, -0.25) is 4.79 Å². The molecule has 1 aliphatic rings. The maximum absolute atomic E-state index is 11.2. The van der Waals surface area contributed by atoms with Crippen molar-refractivity contribution in [1.29, 1.82) is 0 Å². The second-order valence-electron chi connectivity index (χ2n) is 4.38. The van der Waals surface area contributed by atoms with Gasteiger partial charge in [0.25, 0.3) is 0 Å². The fourth-order valence-electron chi connectivity index (χ4n) is 1.01. The zero-order chi connectivity index (χ0) is 9.57. The largest absolute Gasteiger partial charge is 0.447 e. The van der Waals surface area contributed by atoms with Crippen molar-refractivity contribution in [3.63, 3.8) is 0 Å². The van der Waals surface area contributed by atoms with E-state index in [0.717, 1.165) is 0 Å². The lowest BCUT2D eigenvalue weighted by Gasteiger charge is -2.35. The van der Waals surface area contributed by atoms with Gasteiger partial charge in [0, 0.05) is 5.41 Å². The van der Waals surface area contributed by atoms with Crippen LogP contribution in [0, 0.1) is 5.41 Å². The number of esters is 1. The molecule has 0 aromatic rings. The van der Waals surface area contributed by atoms with Crippen LogP contribution in [0.1, 0.15) is 34.6 Å². The van der Waals surface area contributed by atoms with Gasteiger partial charge < -0.3 is 4.74 Å². The third-order valence-electron chi connectivity index (χ3n) is 2.39. The minimum Gasteiger partial charge on any atom is -0.447 e. The van der Waals surface area contributed by atoms with Crippen LogP contribution in [-0.4, -0.2) is 16.2 Å². The van der Waals surface area contributed by atoms with Crippen molar-refractivity contribution in [2.75, 3.05) is 0 Å². The van der Waals surface area contributed by atoms with Gasteiger partial charge in [0.15, 0.2) is 4.93 Å². The Labute approximate surface area is 78.1 Å². The lowest BCUT2D eigenvalue weighted by molar-refractivity contribution is -0.152. The molecule has 1 aliphatic heterocycles. The maximum Gasteiger partial charge on any atom is 0.320 e. The maximum atomic E-state index is 11.2. The van der Waals surface area contributed by atoms with Crippen LogP contribution >= 0.6 is 11.8 Å². The number of ether oxygens (including phenoxy) is 1. The van der Waals surface area contributed by atoms with Crippen LogP contribution in [0.15, 0.2) is 0 Å². The molecule has 0 bridgehead atoms. The molecule has 0 N–H and O–H groups in total. The van der Waals surface area contributed by atoms with E-state index < -0.39 is 0 Å². The minimum absolute atomic E-state index is 0.00190. The molecule has 1 rings (SSSR count). The number of thioether (sulfide) groups is 1. The lowest BCUT2D eigenvalue weighted by Crippen LogP contribution is -2.36. The summed E-state index contributed by atoms with van der Waals surface area (Å²) >= 11 is 1.61. The third kappa shape index (κ3) is 1.47. The Balaban J connectivity index is 2.84. The van der Waals surface area contributed by atoms with Crippen molar-refractivity contribution < 1.29 is 9.53 Å². The molecule has 2 nitrogen and oxygen atoms in total. The summed E-state index contributed by atoms with van der Waals surface area (Å²) in [5, 5.41) is -0.0192. The summed E-state index contributed by atoms with van der Waals surface area (Å²) in [6.45, 7) is 10.1. The summed E-state index contributed by atoms with van der Waals surface area (Å²) in [4.78, 5) is 10.8. The second kappa shape index (κ2) is 2.66. The molecule has 1 fully saturated rings. The Kier molecular flexibility index (Phi) is 2.19. The highest BCUT2D eigenvalue weighted by Crippen LogP contribution is 2.49. The van der Waals surface area contributed by atoms with Crippen molar-refractivity contribution in [2.45, 2.75) is 44.8 Å². The van der Waals surface area contributed by atoms with Crippen LogP contribution in [0.5, 0.6) is 0 Å². The third-order valence-corrected chi connectivity index (χ3v) is 4.08. The van der Waals surface area contributed by atoms with Crippen molar-refractivity contribution in [2.24, 2.45) is 5.41 Å². The molecule has 12 heavy (non-hydrogen) atoms. The van der Waals surface area contributed by atoms with Gasteiger partial charge in [0.05, 0.1) is 0 Å². The topological polar surface area (TPSA) is 26.3 Å². The predicted molar refractivity (Wildman–Crippen MR) is 51.0 cm³/mol. The van der Waals surface area contributed by atoms with E-state index in [4.69, 9.17) is 4.74 Å². The van der Waals surface area contributed by atoms with Gasteiger partial charge in [-0.25, -0.2) is 0 Å². The molecule has 70 valence electrons. The molecule has 0 saturated carbocycles. The zero-order valence-corrected chi connectivity index (χ0v) is 9.12. The van der Waals surface area contributed by atoms with Gasteiger partial charge in [0.1, 0.15) is 5.25 Å². The molecule has 0 spiro atoms. The summed E-state index contributed by atoms with van der Waals surface area (Å²) in [5.41, 5.74) is -0.00190. The first kappa shape index (κ1) is 9.90. The number of hydrogen-bond acceptors (Lipinski definition) is 3. The van der Waals surface area contributed by atoms with Gasteiger partial charge in [-0.1, -0.05) is 32.5 Å². The Morgan fingerprint density at radius 1 is 1.50 bits per heavy atom. The molecule has 1 saturated heterocycles. The Bertz CT molecular complexity index is 207. The summed E-state index contributed by atoms with van der Waals surface area (Å²) in [6.07, 6.45) is 0. The van der Waals surface area contributed by atoms with Gasteiger partial charge >= 0.3 is 5.97 Å². The minimum atomic E-state index is -0.358. The SMILES string of the molecule is C[C@H]1S[C@@](C)(C(C)(C)C)OC1=O. The molecule has 3 heteroatoms. The normalized spacial score (nSPS) is 36.8.